The minimum Gasteiger partial charge on any atom is -0.324 e. The van der Waals surface area contributed by atoms with Gasteiger partial charge in [0.25, 0.3) is 5.69 Å². The molecule has 0 bridgehead atoms. The largest absolute Gasteiger partial charge is 0.324 e. The van der Waals surface area contributed by atoms with E-state index in [0.29, 0.717) is 17.5 Å². The number of piperidine rings is 1. The third kappa shape index (κ3) is 2.97. The summed E-state index contributed by atoms with van der Waals surface area (Å²) in [5.74, 6) is 1.23. The van der Waals surface area contributed by atoms with Crippen molar-refractivity contribution in [3.8, 4) is 0 Å². The van der Waals surface area contributed by atoms with Gasteiger partial charge in [-0.2, -0.15) is 0 Å². The number of nitro groups is 1. The van der Waals surface area contributed by atoms with Crippen LogP contribution in [0.25, 0.3) is 0 Å². The topological polar surface area (TPSA) is 87.5 Å². The van der Waals surface area contributed by atoms with Crippen LogP contribution in [-0.4, -0.2) is 42.0 Å². The normalized spacial score (nSPS) is 24.5. The second-order valence-electron chi connectivity index (χ2n) is 5.65. The van der Waals surface area contributed by atoms with Crippen molar-refractivity contribution in [3.63, 3.8) is 0 Å². The Labute approximate surface area is 122 Å². The fourth-order valence-electron chi connectivity index (χ4n) is 3.09. The molecular formula is C14H18N4O3. The number of hydrogen-bond donors (Lipinski definition) is 2. The van der Waals surface area contributed by atoms with Crippen molar-refractivity contribution in [1.82, 2.24) is 10.2 Å². The zero-order valence-corrected chi connectivity index (χ0v) is 11.6. The van der Waals surface area contributed by atoms with Gasteiger partial charge in [-0.25, -0.2) is 4.79 Å². The minimum absolute atomic E-state index is 0.0193. The molecule has 2 atom stereocenters. The summed E-state index contributed by atoms with van der Waals surface area (Å²) in [6.45, 7) is 3.58. The molecule has 7 heteroatoms. The van der Waals surface area contributed by atoms with Crippen LogP contribution in [0.4, 0.5) is 16.2 Å². The van der Waals surface area contributed by atoms with Crippen LogP contribution in [-0.2, 0) is 0 Å². The van der Waals surface area contributed by atoms with Gasteiger partial charge in [0.1, 0.15) is 0 Å². The van der Waals surface area contributed by atoms with Crippen molar-refractivity contribution in [2.45, 2.75) is 6.42 Å². The van der Waals surface area contributed by atoms with Gasteiger partial charge >= 0.3 is 6.03 Å². The van der Waals surface area contributed by atoms with Gasteiger partial charge in [0.05, 0.1) is 4.92 Å². The summed E-state index contributed by atoms with van der Waals surface area (Å²) in [6.07, 6.45) is 1.03. The molecule has 3 rings (SSSR count). The smallest absolute Gasteiger partial charge is 0.321 e. The fourth-order valence-corrected chi connectivity index (χ4v) is 3.09. The summed E-state index contributed by atoms with van der Waals surface area (Å²) < 4.78 is 0. The molecule has 2 unspecified atom stereocenters. The van der Waals surface area contributed by atoms with Crippen LogP contribution < -0.4 is 10.6 Å². The van der Waals surface area contributed by atoms with Crippen molar-refractivity contribution in [2.24, 2.45) is 11.8 Å². The lowest BCUT2D eigenvalue weighted by molar-refractivity contribution is -0.384. The molecule has 2 fully saturated rings. The van der Waals surface area contributed by atoms with Gasteiger partial charge in [-0.05, 0) is 43.5 Å². The molecule has 2 aliphatic heterocycles. The number of nitro benzene ring substituents is 1. The molecule has 21 heavy (non-hydrogen) atoms. The van der Waals surface area contributed by atoms with E-state index in [1.807, 2.05) is 4.90 Å². The van der Waals surface area contributed by atoms with Crippen molar-refractivity contribution >= 4 is 17.4 Å². The highest BCUT2D eigenvalue weighted by molar-refractivity contribution is 5.89. The zero-order chi connectivity index (χ0) is 14.8. The number of carbonyl (C=O) groups is 1. The van der Waals surface area contributed by atoms with Gasteiger partial charge < -0.3 is 15.5 Å². The highest BCUT2D eigenvalue weighted by Gasteiger charge is 2.34. The SMILES string of the molecule is O=C(Nc1ccc([N+](=O)[O-])cc1)N1CCC2CNCC2C1. The van der Waals surface area contributed by atoms with Crippen LogP contribution in [0.1, 0.15) is 6.42 Å². The van der Waals surface area contributed by atoms with Gasteiger partial charge in [0.2, 0.25) is 0 Å². The van der Waals surface area contributed by atoms with E-state index in [1.54, 1.807) is 12.1 Å². The predicted octanol–water partition coefficient (Wildman–Crippen LogP) is 1.67. The number of fused-ring (bicyclic) bond motifs is 1. The first-order valence-corrected chi connectivity index (χ1v) is 7.14. The number of anilines is 1. The number of nitrogens with zero attached hydrogens (tertiary/aromatic N) is 2. The molecule has 2 heterocycles. The summed E-state index contributed by atoms with van der Waals surface area (Å²) >= 11 is 0. The molecule has 0 aliphatic carbocycles. The van der Waals surface area contributed by atoms with E-state index in [-0.39, 0.29) is 11.7 Å². The second kappa shape index (κ2) is 5.69. The van der Waals surface area contributed by atoms with Crippen LogP contribution in [0, 0.1) is 22.0 Å². The summed E-state index contributed by atoms with van der Waals surface area (Å²) in [5, 5.41) is 16.8. The molecule has 112 valence electrons. The van der Waals surface area contributed by atoms with Crippen molar-refractivity contribution in [2.75, 3.05) is 31.5 Å². The molecule has 0 aromatic heterocycles. The first kappa shape index (κ1) is 13.8. The molecule has 0 radical (unpaired) electrons. The molecule has 1 aromatic rings. The molecule has 2 amide bonds. The Hall–Kier alpha value is -2.15. The van der Waals surface area contributed by atoms with Crippen LogP contribution in [0.3, 0.4) is 0 Å². The summed E-state index contributed by atoms with van der Waals surface area (Å²) in [6, 6.07) is 5.76. The molecule has 0 saturated carbocycles. The fraction of sp³-hybridized carbons (Fsp3) is 0.500. The third-order valence-corrected chi connectivity index (χ3v) is 4.32. The average Bonchev–Trinajstić information content (AvgIpc) is 2.95. The van der Waals surface area contributed by atoms with Crippen LogP contribution >= 0.6 is 0 Å². The Balaban J connectivity index is 1.59. The van der Waals surface area contributed by atoms with E-state index in [2.05, 4.69) is 10.6 Å². The van der Waals surface area contributed by atoms with Gasteiger partial charge in [-0.3, -0.25) is 10.1 Å². The van der Waals surface area contributed by atoms with Crippen molar-refractivity contribution in [3.05, 3.63) is 34.4 Å². The molecule has 1 aromatic carbocycles. The third-order valence-electron chi connectivity index (χ3n) is 4.32. The van der Waals surface area contributed by atoms with Gasteiger partial charge in [-0.1, -0.05) is 0 Å². The summed E-state index contributed by atoms with van der Waals surface area (Å²) in [5.41, 5.74) is 0.600. The molecule has 2 N–H and O–H groups in total. The number of benzene rings is 1. The lowest BCUT2D eigenvalue weighted by Gasteiger charge is -2.34. The Morgan fingerprint density at radius 1 is 1.29 bits per heavy atom. The first-order chi connectivity index (χ1) is 10.1. The quantitative estimate of drug-likeness (QED) is 0.640. The number of carbonyl (C=O) groups excluding carboxylic acids is 1. The lowest BCUT2D eigenvalue weighted by atomic mass is 9.89. The number of amides is 2. The minimum atomic E-state index is -0.455. The number of nitrogens with one attached hydrogen (secondary N) is 2. The Kier molecular flexibility index (Phi) is 3.74. The number of urea groups is 1. The van der Waals surface area contributed by atoms with Crippen molar-refractivity contribution < 1.29 is 9.72 Å². The standard InChI is InChI=1S/C14H18N4O3/c19-14(16-12-1-3-13(4-2-12)18(20)21)17-6-5-10-7-15-8-11(10)9-17/h1-4,10-11,15H,5-9H2,(H,16,19). The number of non-ortho nitro benzene ring substituents is 1. The van der Waals surface area contributed by atoms with E-state index >= 15 is 0 Å². The maximum Gasteiger partial charge on any atom is 0.321 e. The number of likely N-dealkylation sites (tertiary alicyclic amines) is 1. The van der Waals surface area contributed by atoms with Gasteiger partial charge in [0, 0.05) is 30.9 Å². The van der Waals surface area contributed by atoms with Crippen LogP contribution in [0.2, 0.25) is 0 Å². The Morgan fingerprint density at radius 2 is 2.00 bits per heavy atom. The summed E-state index contributed by atoms with van der Waals surface area (Å²) in [4.78, 5) is 24.2. The highest BCUT2D eigenvalue weighted by atomic mass is 16.6. The first-order valence-electron chi connectivity index (χ1n) is 7.14. The van der Waals surface area contributed by atoms with E-state index in [1.165, 1.54) is 12.1 Å². The summed E-state index contributed by atoms with van der Waals surface area (Å²) in [7, 11) is 0. The second-order valence-corrected chi connectivity index (χ2v) is 5.65. The average molecular weight is 290 g/mol. The number of hydrogen-bond acceptors (Lipinski definition) is 4. The Morgan fingerprint density at radius 3 is 2.71 bits per heavy atom. The lowest BCUT2D eigenvalue weighted by Crippen LogP contribution is -2.45. The molecular weight excluding hydrogens is 272 g/mol. The van der Waals surface area contributed by atoms with E-state index in [0.717, 1.165) is 32.6 Å². The molecule has 0 spiro atoms. The highest BCUT2D eigenvalue weighted by Crippen LogP contribution is 2.27. The van der Waals surface area contributed by atoms with Gasteiger partial charge in [-0.15, -0.1) is 0 Å². The maximum absolute atomic E-state index is 12.2. The Bertz CT molecular complexity index is 546. The molecule has 2 aliphatic rings. The van der Waals surface area contributed by atoms with E-state index in [4.69, 9.17) is 0 Å². The maximum atomic E-state index is 12.2. The van der Waals surface area contributed by atoms with Crippen LogP contribution in [0.15, 0.2) is 24.3 Å². The van der Waals surface area contributed by atoms with Gasteiger partial charge in [0.15, 0.2) is 0 Å². The molecule has 2 saturated heterocycles. The monoisotopic (exact) mass is 290 g/mol. The zero-order valence-electron chi connectivity index (χ0n) is 11.6. The molecule has 7 nitrogen and oxygen atoms in total. The van der Waals surface area contributed by atoms with Crippen LogP contribution in [0.5, 0.6) is 0 Å². The predicted molar refractivity (Wildman–Crippen MR) is 78.2 cm³/mol. The van der Waals surface area contributed by atoms with E-state index in [9.17, 15) is 14.9 Å². The number of rotatable bonds is 2. The van der Waals surface area contributed by atoms with Crippen molar-refractivity contribution in [1.29, 1.82) is 0 Å². The van der Waals surface area contributed by atoms with E-state index < -0.39 is 4.92 Å².